The summed E-state index contributed by atoms with van der Waals surface area (Å²) in [7, 11) is -2.09. The summed E-state index contributed by atoms with van der Waals surface area (Å²) in [6, 6.07) is 24.9. The summed E-state index contributed by atoms with van der Waals surface area (Å²) in [4.78, 5) is 13.0. The lowest BCUT2D eigenvalue weighted by atomic mass is 9.68. The molecule has 0 spiro atoms. The molecule has 7 nitrogen and oxygen atoms in total. The zero-order valence-electron chi connectivity index (χ0n) is 21.4. The topological polar surface area (TPSA) is 96.5 Å². The minimum absolute atomic E-state index is 0.169. The average Bonchev–Trinajstić information content (AvgIpc) is 2.92. The quantitative estimate of drug-likeness (QED) is 0.372. The van der Waals surface area contributed by atoms with Gasteiger partial charge in [-0.3, -0.25) is 4.79 Å². The number of para-hydroxylation sites is 1. The van der Waals surface area contributed by atoms with Crippen LogP contribution in [0.5, 0.6) is 5.75 Å². The van der Waals surface area contributed by atoms with Crippen molar-refractivity contribution in [2.24, 2.45) is 0 Å². The summed E-state index contributed by atoms with van der Waals surface area (Å²) in [6.45, 7) is 2.70. The predicted molar refractivity (Wildman–Crippen MR) is 146 cm³/mol. The highest BCUT2D eigenvalue weighted by Crippen LogP contribution is 2.39. The van der Waals surface area contributed by atoms with Crippen molar-refractivity contribution in [3.8, 4) is 5.75 Å². The second-order valence-electron chi connectivity index (χ2n) is 9.73. The standard InChI is InChI=1S/C29H35N3O4S/c1-22-12-14-23(15-13-22)20-31-37(34,35)32-25-16-18-29(19-17-25,24-8-4-3-5-9-24)21-30-28(33)26-10-6-7-11-27(26)36-2/h3-15,25,31-32H,16-21H2,1-2H3,(H,30,33). The van der Waals surface area contributed by atoms with Gasteiger partial charge >= 0.3 is 0 Å². The summed E-state index contributed by atoms with van der Waals surface area (Å²) >= 11 is 0. The highest BCUT2D eigenvalue weighted by atomic mass is 32.2. The van der Waals surface area contributed by atoms with Gasteiger partial charge < -0.3 is 10.1 Å². The van der Waals surface area contributed by atoms with Crippen LogP contribution in [0.25, 0.3) is 0 Å². The number of carbonyl (C=O) groups is 1. The van der Waals surface area contributed by atoms with Gasteiger partial charge in [-0.15, -0.1) is 0 Å². The molecule has 0 bridgehead atoms. The van der Waals surface area contributed by atoms with Crippen molar-refractivity contribution in [2.45, 2.75) is 50.6 Å². The van der Waals surface area contributed by atoms with Gasteiger partial charge in [0.2, 0.25) is 0 Å². The highest BCUT2D eigenvalue weighted by molar-refractivity contribution is 7.87. The Morgan fingerprint density at radius 2 is 1.59 bits per heavy atom. The second-order valence-corrected chi connectivity index (χ2v) is 11.3. The monoisotopic (exact) mass is 521 g/mol. The van der Waals surface area contributed by atoms with Gasteiger partial charge in [0.25, 0.3) is 16.1 Å². The van der Waals surface area contributed by atoms with Crippen molar-refractivity contribution in [1.29, 1.82) is 0 Å². The largest absolute Gasteiger partial charge is 0.496 e. The van der Waals surface area contributed by atoms with E-state index in [0.29, 0.717) is 30.7 Å². The van der Waals surface area contributed by atoms with Gasteiger partial charge in [0, 0.05) is 24.5 Å². The third-order valence-electron chi connectivity index (χ3n) is 7.18. The maximum atomic E-state index is 13.0. The van der Waals surface area contributed by atoms with Crippen LogP contribution in [0.1, 0.15) is 52.7 Å². The Balaban J connectivity index is 1.40. The summed E-state index contributed by atoms with van der Waals surface area (Å²) < 4.78 is 36.3. The summed E-state index contributed by atoms with van der Waals surface area (Å²) in [5, 5.41) is 3.12. The van der Waals surface area contributed by atoms with Crippen molar-refractivity contribution in [2.75, 3.05) is 13.7 Å². The van der Waals surface area contributed by atoms with Gasteiger partial charge in [0.15, 0.2) is 0 Å². The molecule has 0 unspecified atom stereocenters. The number of amides is 1. The molecule has 0 saturated heterocycles. The average molecular weight is 522 g/mol. The SMILES string of the molecule is COc1ccccc1C(=O)NCC1(c2ccccc2)CCC(NS(=O)(=O)NCc2ccc(C)cc2)CC1. The molecule has 0 atom stereocenters. The van der Waals surface area contributed by atoms with Gasteiger partial charge in [-0.1, -0.05) is 72.3 Å². The van der Waals surface area contributed by atoms with E-state index in [1.54, 1.807) is 19.2 Å². The molecule has 1 fully saturated rings. The lowest BCUT2D eigenvalue weighted by molar-refractivity contribution is 0.0932. The van der Waals surface area contributed by atoms with E-state index >= 15 is 0 Å². The number of methoxy groups -OCH3 is 1. The number of carbonyl (C=O) groups excluding carboxylic acids is 1. The van der Waals surface area contributed by atoms with Crippen LogP contribution < -0.4 is 19.5 Å². The minimum atomic E-state index is -3.64. The number of rotatable bonds is 10. The molecule has 8 heteroatoms. The number of benzene rings is 3. The van der Waals surface area contributed by atoms with E-state index in [2.05, 4.69) is 26.9 Å². The molecular weight excluding hydrogens is 486 g/mol. The van der Waals surface area contributed by atoms with Gasteiger partial charge in [-0.25, -0.2) is 0 Å². The molecule has 1 aliphatic carbocycles. The fraction of sp³-hybridized carbons (Fsp3) is 0.345. The molecule has 3 N–H and O–H groups in total. The number of aryl methyl sites for hydroxylation is 1. The van der Waals surface area contributed by atoms with E-state index in [9.17, 15) is 13.2 Å². The summed E-state index contributed by atoms with van der Waals surface area (Å²) in [5.41, 5.74) is 3.40. The van der Waals surface area contributed by atoms with Crippen molar-refractivity contribution in [1.82, 2.24) is 14.8 Å². The molecule has 3 aromatic rings. The molecule has 0 aliphatic heterocycles. The van der Waals surface area contributed by atoms with Crippen LogP contribution in [0, 0.1) is 6.92 Å². The van der Waals surface area contributed by atoms with E-state index in [4.69, 9.17) is 4.74 Å². The lowest BCUT2D eigenvalue weighted by Gasteiger charge is -2.41. The lowest BCUT2D eigenvalue weighted by Crippen LogP contribution is -2.49. The van der Waals surface area contributed by atoms with Crippen LogP contribution in [0.15, 0.2) is 78.9 Å². The van der Waals surface area contributed by atoms with E-state index < -0.39 is 10.2 Å². The molecule has 37 heavy (non-hydrogen) atoms. The Kier molecular flexibility index (Phi) is 8.63. The molecular formula is C29H35N3O4S. The zero-order chi connectivity index (χ0) is 26.3. The number of hydrogen-bond acceptors (Lipinski definition) is 4. The van der Waals surface area contributed by atoms with Gasteiger partial charge in [0.05, 0.1) is 12.7 Å². The molecule has 1 aliphatic rings. The van der Waals surface area contributed by atoms with Crippen molar-refractivity contribution >= 4 is 16.1 Å². The van der Waals surface area contributed by atoms with Crippen molar-refractivity contribution < 1.29 is 17.9 Å². The Bertz CT molecular complexity index is 1290. The van der Waals surface area contributed by atoms with Crippen LogP contribution in [0.4, 0.5) is 0 Å². The minimum Gasteiger partial charge on any atom is -0.496 e. The third-order valence-corrected chi connectivity index (χ3v) is 8.34. The maximum absolute atomic E-state index is 13.0. The molecule has 0 heterocycles. The Labute approximate surface area is 219 Å². The number of ether oxygens (including phenoxy) is 1. The van der Waals surface area contributed by atoms with Gasteiger partial charge in [-0.2, -0.15) is 17.9 Å². The molecule has 0 aromatic heterocycles. The van der Waals surface area contributed by atoms with E-state index in [0.717, 1.165) is 29.5 Å². The normalized spacial score (nSPS) is 19.8. The molecule has 1 amide bonds. The molecule has 196 valence electrons. The molecule has 4 rings (SSSR count). The Hall–Kier alpha value is -3.20. The van der Waals surface area contributed by atoms with Crippen LogP contribution in [0.2, 0.25) is 0 Å². The van der Waals surface area contributed by atoms with E-state index in [1.807, 2.05) is 61.5 Å². The first kappa shape index (κ1) is 26.9. The van der Waals surface area contributed by atoms with Crippen LogP contribution in [-0.4, -0.2) is 34.0 Å². The molecule has 1 saturated carbocycles. The number of hydrogen-bond donors (Lipinski definition) is 3. The van der Waals surface area contributed by atoms with Crippen molar-refractivity contribution in [3.05, 3.63) is 101 Å². The zero-order valence-corrected chi connectivity index (χ0v) is 22.2. The first-order valence-electron chi connectivity index (χ1n) is 12.6. The third kappa shape index (κ3) is 6.97. The smallest absolute Gasteiger partial charge is 0.277 e. The molecule has 3 aromatic carbocycles. The van der Waals surface area contributed by atoms with Crippen LogP contribution in [0.3, 0.4) is 0 Å². The Morgan fingerprint density at radius 3 is 2.27 bits per heavy atom. The molecule has 0 radical (unpaired) electrons. The van der Waals surface area contributed by atoms with Gasteiger partial charge in [0.1, 0.15) is 5.75 Å². The fourth-order valence-electron chi connectivity index (χ4n) is 4.97. The van der Waals surface area contributed by atoms with Crippen LogP contribution >= 0.6 is 0 Å². The summed E-state index contributed by atoms with van der Waals surface area (Å²) in [5.74, 6) is 0.348. The number of nitrogens with one attached hydrogen (secondary N) is 3. The fourth-order valence-corrected chi connectivity index (χ4v) is 6.08. The van der Waals surface area contributed by atoms with E-state index in [1.165, 1.54) is 0 Å². The van der Waals surface area contributed by atoms with Crippen molar-refractivity contribution in [3.63, 3.8) is 0 Å². The Morgan fingerprint density at radius 1 is 0.946 bits per heavy atom. The maximum Gasteiger partial charge on any atom is 0.277 e. The summed E-state index contributed by atoms with van der Waals surface area (Å²) in [6.07, 6.45) is 2.83. The highest BCUT2D eigenvalue weighted by Gasteiger charge is 2.38. The first-order valence-corrected chi connectivity index (χ1v) is 14.1. The van der Waals surface area contributed by atoms with Gasteiger partial charge in [-0.05, 0) is 55.9 Å². The van der Waals surface area contributed by atoms with Crippen LogP contribution in [-0.2, 0) is 22.2 Å². The van der Waals surface area contributed by atoms with E-state index in [-0.39, 0.29) is 23.9 Å². The predicted octanol–water partition coefficient (Wildman–Crippen LogP) is 4.24. The second kappa shape index (κ2) is 11.9. The first-order chi connectivity index (χ1) is 17.8.